The van der Waals surface area contributed by atoms with Gasteiger partial charge in [-0.3, -0.25) is 4.79 Å². The maximum absolute atomic E-state index is 12.7. The molecule has 0 heterocycles. The van der Waals surface area contributed by atoms with Crippen LogP contribution in [0.3, 0.4) is 0 Å². The molecule has 0 radical (unpaired) electrons. The molecule has 26 heavy (non-hydrogen) atoms. The van der Waals surface area contributed by atoms with E-state index in [4.69, 9.17) is 16.3 Å². The fraction of sp³-hybridized carbons (Fsp3) is 0.278. The number of nitrogens with one attached hydrogen (secondary N) is 1. The van der Waals surface area contributed by atoms with Gasteiger partial charge in [-0.2, -0.15) is 4.31 Å². The third-order valence-electron chi connectivity index (χ3n) is 3.85. The fourth-order valence-corrected chi connectivity index (χ4v) is 4.16. The summed E-state index contributed by atoms with van der Waals surface area (Å²) in [4.78, 5) is 12.5. The molecule has 140 valence electrons. The monoisotopic (exact) mass is 396 g/mol. The summed E-state index contributed by atoms with van der Waals surface area (Å²) in [5.41, 5.74) is 0.627. The molecule has 0 bridgehead atoms. The van der Waals surface area contributed by atoms with Crippen LogP contribution in [-0.2, 0) is 10.0 Å². The third kappa shape index (κ3) is 4.35. The number of anilines is 1. The van der Waals surface area contributed by atoms with Gasteiger partial charge in [-0.15, -0.1) is 0 Å². The lowest BCUT2D eigenvalue weighted by Gasteiger charge is -2.19. The zero-order valence-electron chi connectivity index (χ0n) is 14.8. The van der Waals surface area contributed by atoms with Gasteiger partial charge in [0.15, 0.2) is 0 Å². The highest BCUT2D eigenvalue weighted by Gasteiger charge is 2.23. The molecular weight excluding hydrogens is 376 g/mol. The van der Waals surface area contributed by atoms with E-state index < -0.39 is 15.9 Å². The molecule has 0 spiro atoms. The highest BCUT2D eigenvalue weighted by molar-refractivity contribution is 7.89. The number of hydrogen-bond donors (Lipinski definition) is 1. The number of methoxy groups -OCH3 is 1. The molecule has 0 unspecified atom stereocenters. The first kappa shape index (κ1) is 20.2. The topological polar surface area (TPSA) is 75.7 Å². The summed E-state index contributed by atoms with van der Waals surface area (Å²) in [5, 5.41) is 3.12. The van der Waals surface area contributed by atoms with Crippen molar-refractivity contribution < 1.29 is 17.9 Å². The van der Waals surface area contributed by atoms with Crippen LogP contribution in [0.15, 0.2) is 47.4 Å². The van der Waals surface area contributed by atoms with Gasteiger partial charge in [0.05, 0.1) is 17.7 Å². The molecule has 1 N–H and O–H groups in total. The Bertz CT molecular complexity index is 896. The third-order valence-corrected chi connectivity index (χ3v) is 6.13. The Morgan fingerprint density at radius 1 is 1.15 bits per heavy atom. The molecule has 0 aliphatic carbocycles. The minimum Gasteiger partial charge on any atom is -0.495 e. The lowest BCUT2D eigenvalue weighted by molar-refractivity contribution is 0.102. The molecule has 0 aliphatic rings. The maximum atomic E-state index is 12.7. The van der Waals surface area contributed by atoms with Gasteiger partial charge < -0.3 is 10.1 Å². The lowest BCUT2D eigenvalue weighted by Crippen LogP contribution is -2.30. The molecule has 2 aromatic carbocycles. The molecule has 2 aromatic rings. The van der Waals surface area contributed by atoms with Crippen molar-refractivity contribution in [1.29, 1.82) is 0 Å². The van der Waals surface area contributed by atoms with E-state index in [1.807, 2.05) is 0 Å². The molecule has 0 saturated carbocycles. The van der Waals surface area contributed by atoms with Crippen LogP contribution in [0.5, 0.6) is 5.75 Å². The van der Waals surface area contributed by atoms with Gasteiger partial charge in [0, 0.05) is 23.7 Å². The van der Waals surface area contributed by atoms with Crippen LogP contribution in [0, 0.1) is 0 Å². The van der Waals surface area contributed by atoms with E-state index in [9.17, 15) is 13.2 Å². The largest absolute Gasteiger partial charge is 0.495 e. The first-order valence-electron chi connectivity index (χ1n) is 8.08. The van der Waals surface area contributed by atoms with E-state index in [1.54, 1.807) is 32.0 Å². The van der Waals surface area contributed by atoms with Gasteiger partial charge in [-0.05, 0) is 36.4 Å². The van der Waals surface area contributed by atoms with E-state index in [1.165, 1.54) is 35.7 Å². The number of nitrogens with zero attached hydrogens (tertiary/aromatic N) is 1. The summed E-state index contributed by atoms with van der Waals surface area (Å²) in [5.74, 6) is -0.0536. The molecule has 6 nitrogen and oxygen atoms in total. The highest BCUT2D eigenvalue weighted by Crippen LogP contribution is 2.29. The van der Waals surface area contributed by atoms with Crippen molar-refractivity contribution in [3.05, 3.63) is 53.1 Å². The van der Waals surface area contributed by atoms with Crippen molar-refractivity contribution in [2.75, 3.05) is 25.5 Å². The van der Waals surface area contributed by atoms with Crippen molar-refractivity contribution >= 4 is 33.2 Å². The second-order valence-corrected chi connectivity index (χ2v) is 7.79. The van der Waals surface area contributed by atoms with Crippen LogP contribution in [-0.4, -0.2) is 38.8 Å². The summed E-state index contributed by atoms with van der Waals surface area (Å²) in [6, 6.07) is 10.8. The lowest BCUT2D eigenvalue weighted by atomic mass is 10.2. The van der Waals surface area contributed by atoms with Crippen molar-refractivity contribution in [2.24, 2.45) is 0 Å². The molecule has 8 heteroatoms. The summed E-state index contributed by atoms with van der Waals surface area (Å²) in [7, 11) is -2.20. The minimum absolute atomic E-state index is 0.0865. The summed E-state index contributed by atoms with van der Waals surface area (Å²) >= 11 is 5.91. The van der Waals surface area contributed by atoms with Crippen molar-refractivity contribution in [3.8, 4) is 5.75 Å². The molecule has 0 fully saturated rings. The first-order chi connectivity index (χ1) is 12.3. The van der Waals surface area contributed by atoms with Crippen LogP contribution >= 0.6 is 11.6 Å². The molecule has 0 atom stereocenters. The van der Waals surface area contributed by atoms with Crippen molar-refractivity contribution in [3.63, 3.8) is 0 Å². The van der Waals surface area contributed by atoms with Gasteiger partial charge in [-0.1, -0.05) is 31.5 Å². The Morgan fingerprint density at radius 3 is 2.42 bits per heavy atom. The smallest absolute Gasteiger partial charge is 0.255 e. The second-order valence-electron chi connectivity index (χ2n) is 5.42. The SMILES string of the molecule is CCN(CC)S(=O)(=O)c1ccc(OC)c(NC(=O)c2cccc(Cl)c2)c1. The number of sulfonamides is 1. The quantitative estimate of drug-likeness (QED) is 0.775. The van der Waals surface area contributed by atoms with Crippen molar-refractivity contribution in [1.82, 2.24) is 4.31 Å². The van der Waals surface area contributed by atoms with E-state index in [-0.39, 0.29) is 10.6 Å². The molecular formula is C18H21ClN2O4S. The minimum atomic E-state index is -3.65. The molecule has 0 saturated heterocycles. The van der Waals surface area contributed by atoms with E-state index in [2.05, 4.69) is 5.32 Å². The van der Waals surface area contributed by atoms with Gasteiger partial charge in [0.1, 0.15) is 5.75 Å². The number of halogens is 1. The maximum Gasteiger partial charge on any atom is 0.255 e. The number of amides is 1. The van der Waals surface area contributed by atoms with E-state index in [0.717, 1.165) is 0 Å². The fourth-order valence-electron chi connectivity index (χ4n) is 2.48. The Hall–Kier alpha value is -2.09. The predicted octanol–water partition coefficient (Wildman–Crippen LogP) is 3.63. The highest BCUT2D eigenvalue weighted by atomic mass is 35.5. The Morgan fingerprint density at radius 2 is 1.85 bits per heavy atom. The van der Waals surface area contributed by atoms with Crippen LogP contribution in [0.1, 0.15) is 24.2 Å². The van der Waals surface area contributed by atoms with Crippen LogP contribution in [0.2, 0.25) is 5.02 Å². The number of carbonyl (C=O) groups excluding carboxylic acids is 1. The predicted molar refractivity (Wildman–Crippen MR) is 103 cm³/mol. The summed E-state index contributed by atoms with van der Waals surface area (Å²) in [6.45, 7) is 4.25. The van der Waals surface area contributed by atoms with Gasteiger partial charge >= 0.3 is 0 Å². The number of rotatable bonds is 7. The number of benzene rings is 2. The average Bonchev–Trinajstić information content (AvgIpc) is 2.62. The summed E-state index contributed by atoms with van der Waals surface area (Å²) in [6.07, 6.45) is 0. The van der Waals surface area contributed by atoms with Gasteiger partial charge in [-0.25, -0.2) is 8.42 Å². The van der Waals surface area contributed by atoms with Crippen LogP contribution < -0.4 is 10.1 Å². The molecule has 2 rings (SSSR count). The van der Waals surface area contributed by atoms with Gasteiger partial charge in [0.25, 0.3) is 5.91 Å². The Balaban J connectivity index is 2.40. The zero-order chi connectivity index (χ0) is 19.3. The average molecular weight is 397 g/mol. The number of ether oxygens (including phenoxy) is 1. The van der Waals surface area contributed by atoms with E-state index >= 15 is 0 Å². The normalized spacial score (nSPS) is 11.4. The molecule has 0 aliphatic heterocycles. The first-order valence-corrected chi connectivity index (χ1v) is 9.90. The van der Waals surface area contributed by atoms with Crippen molar-refractivity contribution in [2.45, 2.75) is 18.7 Å². The van der Waals surface area contributed by atoms with E-state index in [0.29, 0.717) is 29.4 Å². The Kier molecular flexibility index (Phi) is 6.63. The number of carbonyl (C=O) groups is 1. The second kappa shape index (κ2) is 8.53. The molecule has 1 amide bonds. The zero-order valence-corrected chi connectivity index (χ0v) is 16.4. The summed E-state index contributed by atoms with van der Waals surface area (Å²) < 4.78 is 32.0. The van der Waals surface area contributed by atoms with Crippen LogP contribution in [0.4, 0.5) is 5.69 Å². The standard InChI is InChI=1S/C18H21ClN2O4S/c1-4-21(5-2)26(23,24)15-9-10-17(25-3)16(12-15)20-18(22)13-7-6-8-14(19)11-13/h6-12H,4-5H2,1-3H3,(H,20,22). The molecule has 0 aromatic heterocycles. The van der Waals surface area contributed by atoms with Crippen LogP contribution in [0.25, 0.3) is 0 Å². The van der Waals surface area contributed by atoms with Gasteiger partial charge in [0.2, 0.25) is 10.0 Å². The number of hydrogen-bond acceptors (Lipinski definition) is 4. The Labute approximate surface area is 158 Å².